The number of unbranched alkanes of at least 4 members (excludes halogenated alkanes) is 5. The Bertz CT molecular complexity index is 1330. The van der Waals surface area contributed by atoms with Crippen molar-refractivity contribution >= 4 is 22.8 Å². The minimum atomic E-state index is -0.419. The maximum atomic E-state index is 10.7. The number of hydrogen-bond donors (Lipinski definition) is 0. The average molecular weight is 642 g/mol. The molecule has 0 amide bonds. The third-order valence-electron chi connectivity index (χ3n) is 8.07. The summed E-state index contributed by atoms with van der Waals surface area (Å²) in [7, 11) is 0. The van der Waals surface area contributed by atoms with E-state index in [0.29, 0.717) is 0 Å². The van der Waals surface area contributed by atoms with Crippen molar-refractivity contribution in [3.63, 3.8) is 0 Å². The van der Waals surface area contributed by atoms with Gasteiger partial charge in [-0.2, -0.15) is 0 Å². The molecule has 44 heavy (non-hydrogen) atoms. The molecule has 0 saturated heterocycles. The van der Waals surface area contributed by atoms with Crippen molar-refractivity contribution in [1.82, 2.24) is 0 Å². The van der Waals surface area contributed by atoms with Crippen molar-refractivity contribution in [2.75, 3.05) is 0 Å². The van der Waals surface area contributed by atoms with Crippen LogP contribution in [0.2, 0.25) is 0 Å². The summed E-state index contributed by atoms with van der Waals surface area (Å²) < 4.78 is 0. The Hall–Kier alpha value is -2.91. The van der Waals surface area contributed by atoms with Crippen molar-refractivity contribution in [1.29, 1.82) is 0 Å². The number of nitrogens with zero attached hydrogens (tertiary/aromatic N) is 2. The fourth-order valence-corrected chi connectivity index (χ4v) is 5.29. The van der Waals surface area contributed by atoms with Crippen LogP contribution < -0.4 is 10.2 Å². The first kappa shape index (κ1) is 39.1. The van der Waals surface area contributed by atoms with Gasteiger partial charge in [-0.05, 0) is 104 Å². The van der Waals surface area contributed by atoms with Crippen molar-refractivity contribution in [2.45, 2.75) is 126 Å². The molecule has 0 unspecified atom stereocenters. The fourth-order valence-electron chi connectivity index (χ4n) is 5.29. The molecule has 0 aromatic heterocycles. The van der Waals surface area contributed by atoms with Crippen LogP contribution in [0.5, 0.6) is 11.5 Å². The smallest absolute Gasteiger partial charge is 0.873 e. The molecule has 3 aromatic rings. The zero-order valence-electron chi connectivity index (χ0n) is 28.2. The normalized spacial score (nSPS) is 11.5. The standard InChI is InChI=1S/C31H46N2.C8H10O2.Ni/c1-7-12-13-14-15-16-17-31(33-30-21-19-26(9-3)28(11-5)23-30)24(6)32-29-20-18-25(8-2)27(10-4)22-29;1-2-6-3-4-7(9)8(10)5-6;/h18-23H,7-17H2,1-6H3;3-5,9-10H,2H2,1H3;/q;;+2/p-2. The largest absolute Gasteiger partial charge is 2.00 e. The van der Waals surface area contributed by atoms with Crippen LogP contribution in [0.15, 0.2) is 64.6 Å². The van der Waals surface area contributed by atoms with Gasteiger partial charge < -0.3 is 10.2 Å². The molecule has 0 atom stereocenters. The van der Waals surface area contributed by atoms with Gasteiger partial charge in [0.25, 0.3) is 0 Å². The first-order chi connectivity index (χ1) is 20.8. The molecule has 0 saturated carbocycles. The van der Waals surface area contributed by atoms with Crippen LogP contribution in [0.3, 0.4) is 0 Å². The maximum absolute atomic E-state index is 10.7. The first-order valence-electron chi connectivity index (χ1n) is 16.6. The first-order valence-corrected chi connectivity index (χ1v) is 16.6. The Balaban J connectivity index is 0.000000745. The average Bonchev–Trinajstić information content (AvgIpc) is 3.03. The van der Waals surface area contributed by atoms with Gasteiger partial charge in [0.2, 0.25) is 0 Å². The summed E-state index contributed by atoms with van der Waals surface area (Å²) in [5, 5.41) is 21.3. The van der Waals surface area contributed by atoms with E-state index in [2.05, 4.69) is 77.9 Å². The predicted molar refractivity (Wildman–Crippen MR) is 183 cm³/mol. The minimum Gasteiger partial charge on any atom is -0.873 e. The molecule has 0 aliphatic carbocycles. The van der Waals surface area contributed by atoms with Gasteiger partial charge in [0.1, 0.15) is 0 Å². The Morgan fingerprint density at radius 2 is 1.07 bits per heavy atom. The topological polar surface area (TPSA) is 70.8 Å². The van der Waals surface area contributed by atoms with Crippen LogP contribution >= 0.6 is 0 Å². The number of aryl methyl sites for hydroxylation is 5. The van der Waals surface area contributed by atoms with Crippen LogP contribution in [-0.2, 0) is 48.6 Å². The van der Waals surface area contributed by atoms with E-state index in [1.54, 1.807) is 6.07 Å². The summed E-state index contributed by atoms with van der Waals surface area (Å²) in [6, 6.07) is 17.8. The van der Waals surface area contributed by atoms with Gasteiger partial charge in [-0.25, -0.2) is 0 Å². The molecule has 242 valence electrons. The van der Waals surface area contributed by atoms with Gasteiger partial charge in [0.05, 0.1) is 22.8 Å². The van der Waals surface area contributed by atoms with Crippen LogP contribution in [0.1, 0.15) is 121 Å². The Morgan fingerprint density at radius 1 is 0.545 bits per heavy atom. The summed E-state index contributed by atoms with van der Waals surface area (Å²) in [5.74, 6) is -0.823. The molecule has 0 heterocycles. The van der Waals surface area contributed by atoms with E-state index >= 15 is 0 Å². The van der Waals surface area contributed by atoms with Gasteiger partial charge in [0.15, 0.2) is 0 Å². The zero-order chi connectivity index (χ0) is 31.6. The third kappa shape index (κ3) is 13.0. The number of benzene rings is 3. The minimum absolute atomic E-state index is 0. The molecule has 0 bridgehead atoms. The van der Waals surface area contributed by atoms with Gasteiger partial charge in [-0.15, -0.1) is 11.5 Å². The fraction of sp³-hybridized carbons (Fsp3) is 0.487. The predicted octanol–water partition coefficient (Wildman–Crippen LogP) is 9.95. The quantitative estimate of drug-likeness (QED) is 0.0942. The van der Waals surface area contributed by atoms with E-state index in [1.165, 1.54) is 72.9 Å². The summed E-state index contributed by atoms with van der Waals surface area (Å²) in [4.78, 5) is 10.2. The summed E-state index contributed by atoms with van der Waals surface area (Å²) in [6.45, 7) is 15.3. The zero-order valence-corrected chi connectivity index (χ0v) is 29.2. The molecule has 0 aliphatic heterocycles. The van der Waals surface area contributed by atoms with E-state index in [4.69, 9.17) is 9.98 Å². The second kappa shape index (κ2) is 21.7. The SMILES string of the molecule is CCCCCCCCC(=Nc1ccc(CC)c(CC)c1)C(C)=Nc1ccc(CC)c(CC)c1.CCc1ccc([O-])c([O-])c1.[Ni+2]. The molecular formula is C39H54N2NiO2. The van der Waals surface area contributed by atoms with Gasteiger partial charge in [-0.3, -0.25) is 9.98 Å². The van der Waals surface area contributed by atoms with Gasteiger partial charge in [0, 0.05) is 0 Å². The molecular weight excluding hydrogens is 587 g/mol. The number of rotatable bonds is 15. The van der Waals surface area contributed by atoms with Crippen LogP contribution in [0, 0.1) is 0 Å². The van der Waals surface area contributed by atoms with Crippen molar-refractivity contribution in [3.05, 3.63) is 82.4 Å². The number of hydrogen-bond acceptors (Lipinski definition) is 4. The van der Waals surface area contributed by atoms with E-state index < -0.39 is 11.5 Å². The second-order valence-electron chi connectivity index (χ2n) is 11.2. The number of aliphatic imine (C=N–C) groups is 2. The molecule has 0 radical (unpaired) electrons. The monoisotopic (exact) mass is 640 g/mol. The summed E-state index contributed by atoms with van der Waals surface area (Å²) in [6.07, 6.45) is 13.8. The summed E-state index contributed by atoms with van der Waals surface area (Å²) >= 11 is 0. The van der Waals surface area contributed by atoms with E-state index in [-0.39, 0.29) is 16.5 Å². The van der Waals surface area contributed by atoms with Crippen molar-refractivity contribution in [2.24, 2.45) is 9.98 Å². The molecule has 5 heteroatoms. The van der Waals surface area contributed by atoms with Gasteiger partial charge in [-0.1, -0.05) is 104 Å². The molecule has 0 aliphatic rings. The van der Waals surface area contributed by atoms with Gasteiger partial charge >= 0.3 is 16.5 Å². The molecule has 0 fully saturated rings. The third-order valence-corrected chi connectivity index (χ3v) is 8.07. The molecule has 0 N–H and O–H groups in total. The Labute approximate surface area is 278 Å². The van der Waals surface area contributed by atoms with E-state index in [1.807, 2.05) is 6.92 Å². The van der Waals surface area contributed by atoms with Crippen LogP contribution in [0.4, 0.5) is 11.4 Å². The Kier molecular flexibility index (Phi) is 19.3. The molecule has 0 spiro atoms. The van der Waals surface area contributed by atoms with Crippen LogP contribution in [-0.4, -0.2) is 11.4 Å². The van der Waals surface area contributed by atoms with E-state index in [0.717, 1.165) is 66.9 Å². The van der Waals surface area contributed by atoms with E-state index in [9.17, 15) is 10.2 Å². The molecule has 4 nitrogen and oxygen atoms in total. The van der Waals surface area contributed by atoms with Crippen molar-refractivity contribution < 1.29 is 26.7 Å². The Morgan fingerprint density at radius 3 is 1.57 bits per heavy atom. The molecule has 3 rings (SSSR count). The van der Waals surface area contributed by atoms with Crippen molar-refractivity contribution in [3.8, 4) is 11.5 Å². The second-order valence-corrected chi connectivity index (χ2v) is 11.2. The van der Waals surface area contributed by atoms with Crippen LogP contribution in [0.25, 0.3) is 0 Å². The molecule has 3 aromatic carbocycles. The summed E-state index contributed by atoms with van der Waals surface area (Å²) in [5.41, 5.74) is 10.9. The maximum Gasteiger partial charge on any atom is 2.00 e.